The van der Waals surface area contributed by atoms with Crippen LogP contribution in [0.4, 0.5) is 0 Å². The fourth-order valence-corrected chi connectivity index (χ4v) is 4.41. The molecule has 3 aromatic rings. The van der Waals surface area contributed by atoms with Gasteiger partial charge in [0.15, 0.2) is 0 Å². The molecule has 3 rings (SSSR count). The molecular weight excluding hydrogens is 311 g/mol. The fourth-order valence-electron chi connectivity index (χ4n) is 2.20. The van der Waals surface area contributed by atoms with Gasteiger partial charge in [-0.1, -0.05) is 0 Å². The van der Waals surface area contributed by atoms with Crippen LogP contribution >= 0.6 is 0 Å². The van der Waals surface area contributed by atoms with E-state index in [1.807, 2.05) is 6.92 Å². The third-order valence-corrected chi connectivity index (χ3v) is 5.48. The maximum absolute atomic E-state index is 5.83. The Morgan fingerprint density at radius 1 is 0.850 bits per heavy atom. The monoisotopic (exact) mass is 328 g/mol. The maximum atomic E-state index is 5.83. The molecule has 0 amide bonds. The quantitative estimate of drug-likeness (QED) is 0.670. The van der Waals surface area contributed by atoms with E-state index in [1.165, 1.54) is 19.7 Å². The van der Waals surface area contributed by atoms with Crippen molar-refractivity contribution in [1.82, 2.24) is 0 Å². The van der Waals surface area contributed by atoms with Crippen molar-refractivity contribution in [3.05, 3.63) is 66.7 Å². The zero-order chi connectivity index (χ0) is 13.8. The summed E-state index contributed by atoms with van der Waals surface area (Å²) in [4.78, 5) is 0. The summed E-state index contributed by atoms with van der Waals surface area (Å²) in [7, 11) is 0. The molecule has 3 aromatic carbocycles. The zero-order valence-electron chi connectivity index (χ0n) is 11.4. The van der Waals surface area contributed by atoms with E-state index in [0.29, 0.717) is 6.61 Å². The SMILES string of the molecule is CCOc1ccc2ccccc2c1[Se]c1ccccc1. The fraction of sp³-hybridized carbons (Fsp3) is 0.111. The van der Waals surface area contributed by atoms with Crippen molar-refractivity contribution < 1.29 is 4.74 Å². The van der Waals surface area contributed by atoms with Gasteiger partial charge < -0.3 is 0 Å². The summed E-state index contributed by atoms with van der Waals surface area (Å²) in [5, 5.41) is 2.59. The van der Waals surface area contributed by atoms with E-state index in [0.717, 1.165) is 5.75 Å². The van der Waals surface area contributed by atoms with Crippen LogP contribution in [0.1, 0.15) is 6.92 Å². The number of hydrogen-bond acceptors (Lipinski definition) is 1. The molecule has 1 nitrogen and oxygen atoms in total. The van der Waals surface area contributed by atoms with Gasteiger partial charge in [-0.3, -0.25) is 0 Å². The molecule has 0 atom stereocenters. The third kappa shape index (κ3) is 2.72. The van der Waals surface area contributed by atoms with Crippen molar-refractivity contribution in [2.45, 2.75) is 6.92 Å². The average molecular weight is 327 g/mol. The Morgan fingerprint density at radius 2 is 1.60 bits per heavy atom. The summed E-state index contributed by atoms with van der Waals surface area (Å²) >= 11 is 0.257. The van der Waals surface area contributed by atoms with Crippen LogP contribution in [-0.4, -0.2) is 21.6 Å². The molecule has 0 aliphatic rings. The summed E-state index contributed by atoms with van der Waals surface area (Å²) in [5.41, 5.74) is 0. The molecule has 0 spiro atoms. The minimum absolute atomic E-state index is 0.257. The summed E-state index contributed by atoms with van der Waals surface area (Å²) in [6, 6.07) is 23.4. The molecule has 0 aliphatic carbocycles. The van der Waals surface area contributed by atoms with Crippen molar-refractivity contribution in [2.75, 3.05) is 6.61 Å². The van der Waals surface area contributed by atoms with Crippen molar-refractivity contribution in [2.24, 2.45) is 0 Å². The zero-order valence-corrected chi connectivity index (χ0v) is 13.1. The molecule has 0 heterocycles. The van der Waals surface area contributed by atoms with Crippen LogP contribution in [0.2, 0.25) is 0 Å². The normalized spacial score (nSPS) is 10.7. The Bertz CT molecular complexity index is 707. The van der Waals surface area contributed by atoms with E-state index in [1.54, 1.807) is 0 Å². The average Bonchev–Trinajstić information content (AvgIpc) is 2.51. The van der Waals surface area contributed by atoms with E-state index in [2.05, 4.69) is 66.7 Å². The predicted molar refractivity (Wildman–Crippen MR) is 86.6 cm³/mol. The van der Waals surface area contributed by atoms with Crippen LogP contribution in [0.5, 0.6) is 5.75 Å². The van der Waals surface area contributed by atoms with Gasteiger partial charge in [-0.2, -0.15) is 0 Å². The molecule has 0 radical (unpaired) electrons. The summed E-state index contributed by atoms with van der Waals surface area (Å²) in [6.45, 7) is 2.74. The van der Waals surface area contributed by atoms with E-state index >= 15 is 0 Å². The van der Waals surface area contributed by atoms with E-state index in [4.69, 9.17) is 4.74 Å². The van der Waals surface area contributed by atoms with Crippen molar-refractivity contribution in [3.63, 3.8) is 0 Å². The summed E-state index contributed by atoms with van der Waals surface area (Å²) in [5.74, 6) is 1.02. The molecule has 0 aliphatic heterocycles. The van der Waals surface area contributed by atoms with Gasteiger partial charge in [0.1, 0.15) is 0 Å². The molecule has 0 N–H and O–H groups in total. The molecule has 0 saturated carbocycles. The summed E-state index contributed by atoms with van der Waals surface area (Å²) < 4.78 is 8.54. The molecule has 2 heteroatoms. The van der Waals surface area contributed by atoms with E-state index < -0.39 is 0 Å². The van der Waals surface area contributed by atoms with Gasteiger partial charge in [-0.15, -0.1) is 0 Å². The van der Waals surface area contributed by atoms with Crippen LogP contribution in [0.3, 0.4) is 0 Å². The number of fused-ring (bicyclic) bond motifs is 1. The van der Waals surface area contributed by atoms with Gasteiger partial charge in [0, 0.05) is 0 Å². The number of ether oxygens (including phenoxy) is 1. The van der Waals surface area contributed by atoms with E-state index in [-0.39, 0.29) is 15.0 Å². The van der Waals surface area contributed by atoms with Crippen LogP contribution in [0, 0.1) is 0 Å². The minimum atomic E-state index is 0.257. The predicted octanol–water partition coefficient (Wildman–Crippen LogP) is 2.89. The van der Waals surface area contributed by atoms with Gasteiger partial charge >= 0.3 is 125 Å². The van der Waals surface area contributed by atoms with Gasteiger partial charge in [-0.25, -0.2) is 0 Å². The number of hydrogen-bond donors (Lipinski definition) is 0. The Kier molecular flexibility index (Phi) is 4.05. The van der Waals surface area contributed by atoms with Gasteiger partial charge in [0.05, 0.1) is 0 Å². The van der Waals surface area contributed by atoms with Gasteiger partial charge in [-0.05, 0) is 0 Å². The molecule has 0 unspecified atom stereocenters. The second-order valence-corrected chi connectivity index (χ2v) is 6.74. The first-order valence-corrected chi connectivity index (χ1v) is 8.47. The van der Waals surface area contributed by atoms with Crippen molar-refractivity contribution >= 4 is 34.7 Å². The first kappa shape index (κ1) is 13.2. The topological polar surface area (TPSA) is 9.23 Å². The Balaban J connectivity index is 2.12. The molecular formula is C18H16OSe. The number of benzene rings is 3. The van der Waals surface area contributed by atoms with Gasteiger partial charge in [0.25, 0.3) is 0 Å². The van der Waals surface area contributed by atoms with Crippen molar-refractivity contribution in [3.8, 4) is 5.75 Å². The molecule has 0 saturated heterocycles. The van der Waals surface area contributed by atoms with Crippen molar-refractivity contribution in [1.29, 1.82) is 0 Å². The molecule has 0 bridgehead atoms. The second kappa shape index (κ2) is 6.13. The standard InChI is InChI=1S/C18H16OSe/c1-2-19-17-13-12-14-8-6-7-11-16(14)18(17)20-15-9-4-3-5-10-15/h3-13H,2H2,1H3. The van der Waals surface area contributed by atoms with Crippen LogP contribution in [0.15, 0.2) is 66.7 Å². The van der Waals surface area contributed by atoms with Gasteiger partial charge in [0.2, 0.25) is 0 Å². The summed E-state index contributed by atoms with van der Waals surface area (Å²) in [6.07, 6.45) is 0. The second-order valence-electron chi connectivity index (χ2n) is 4.46. The van der Waals surface area contributed by atoms with E-state index in [9.17, 15) is 0 Å². The van der Waals surface area contributed by atoms with Crippen LogP contribution < -0.4 is 13.7 Å². The molecule has 0 fully saturated rings. The Hall–Kier alpha value is -1.76. The third-order valence-electron chi connectivity index (χ3n) is 3.11. The van der Waals surface area contributed by atoms with Crippen LogP contribution in [0.25, 0.3) is 10.8 Å². The van der Waals surface area contributed by atoms with Crippen LogP contribution in [-0.2, 0) is 0 Å². The first-order chi connectivity index (χ1) is 9.88. The Morgan fingerprint density at radius 3 is 2.40 bits per heavy atom. The molecule has 0 aromatic heterocycles. The Labute approximate surface area is 125 Å². The first-order valence-electron chi connectivity index (χ1n) is 6.76. The molecule has 20 heavy (non-hydrogen) atoms. The number of rotatable bonds is 4. The molecule has 100 valence electrons.